The van der Waals surface area contributed by atoms with Gasteiger partial charge in [0.25, 0.3) is 0 Å². The molecule has 6 heteroatoms. The summed E-state index contributed by atoms with van der Waals surface area (Å²) in [5.41, 5.74) is 0.270. The third-order valence-corrected chi connectivity index (χ3v) is 3.00. The first-order valence-electron chi connectivity index (χ1n) is 7.42. The maximum Gasteiger partial charge on any atom is 0.407 e. The minimum absolute atomic E-state index is 0.0376. The highest BCUT2D eigenvalue weighted by molar-refractivity contribution is 5.96. The standard InChI is InChI=1S/C17H23NO5/c1-17(2,3)23-16(22)18-11-13(14(19)10-15(20)21)9-12-7-5-4-6-8-12/h4-8,13H,9-11H2,1-3H3,(H,18,22)(H,20,21). The normalized spacial score (nSPS) is 12.3. The number of hydrogen-bond acceptors (Lipinski definition) is 4. The van der Waals surface area contributed by atoms with Crippen molar-refractivity contribution < 1.29 is 24.2 Å². The van der Waals surface area contributed by atoms with Gasteiger partial charge < -0.3 is 15.2 Å². The second-order valence-electron chi connectivity index (χ2n) is 6.31. The molecule has 1 unspecified atom stereocenters. The maximum atomic E-state index is 12.1. The van der Waals surface area contributed by atoms with Gasteiger partial charge in [0.05, 0.1) is 0 Å². The van der Waals surface area contributed by atoms with Crippen LogP contribution in [0.3, 0.4) is 0 Å². The van der Waals surface area contributed by atoms with E-state index in [0.717, 1.165) is 5.56 Å². The Morgan fingerprint density at radius 3 is 2.30 bits per heavy atom. The predicted molar refractivity (Wildman–Crippen MR) is 85.1 cm³/mol. The van der Waals surface area contributed by atoms with Gasteiger partial charge >= 0.3 is 12.1 Å². The molecule has 1 atom stereocenters. The monoisotopic (exact) mass is 321 g/mol. The third-order valence-electron chi connectivity index (χ3n) is 3.00. The average molecular weight is 321 g/mol. The highest BCUT2D eigenvalue weighted by Crippen LogP contribution is 2.12. The number of carboxylic acid groups (broad SMARTS) is 1. The molecule has 0 aromatic heterocycles. The van der Waals surface area contributed by atoms with Gasteiger partial charge in [0.15, 0.2) is 0 Å². The first-order valence-corrected chi connectivity index (χ1v) is 7.42. The number of Topliss-reactive ketones (excluding diaryl/α,β-unsaturated/α-hetero) is 1. The number of hydrogen-bond donors (Lipinski definition) is 2. The van der Waals surface area contributed by atoms with Crippen LogP contribution < -0.4 is 5.32 Å². The summed E-state index contributed by atoms with van der Waals surface area (Å²) < 4.78 is 5.12. The van der Waals surface area contributed by atoms with Crippen LogP contribution in [0.25, 0.3) is 0 Å². The molecule has 0 spiro atoms. The van der Waals surface area contributed by atoms with Crippen molar-refractivity contribution >= 4 is 17.8 Å². The fourth-order valence-electron chi connectivity index (χ4n) is 2.01. The number of carbonyl (C=O) groups is 3. The molecular weight excluding hydrogens is 298 g/mol. The lowest BCUT2D eigenvalue weighted by Crippen LogP contribution is -2.38. The lowest BCUT2D eigenvalue weighted by Gasteiger charge is -2.21. The molecule has 2 N–H and O–H groups in total. The van der Waals surface area contributed by atoms with Gasteiger partial charge in [-0.2, -0.15) is 0 Å². The third kappa shape index (κ3) is 7.99. The van der Waals surface area contributed by atoms with Crippen LogP contribution in [0.4, 0.5) is 4.79 Å². The number of rotatable bonds is 7. The molecule has 0 radical (unpaired) electrons. The Bertz CT molecular complexity index is 548. The van der Waals surface area contributed by atoms with E-state index >= 15 is 0 Å². The molecule has 1 aromatic carbocycles. The molecule has 1 amide bonds. The Hall–Kier alpha value is -2.37. The molecule has 126 valence electrons. The molecule has 1 aromatic rings. The highest BCUT2D eigenvalue weighted by Gasteiger charge is 2.23. The second kappa shape index (κ2) is 8.31. The van der Waals surface area contributed by atoms with E-state index in [1.807, 2.05) is 30.3 Å². The average Bonchev–Trinajstić information content (AvgIpc) is 2.41. The molecule has 0 aliphatic carbocycles. The fraction of sp³-hybridized carbons (Fsp3) is 0.471. The van der Waals surface area contributed by atoms with Crippen LogP contribution in [0.1, 0.15) is 32.8 Å². The summed E-state index contributed by atoms with van der Waals surface area (Å²) in [6.07, 6.45) is -0.824. The van der Waals surface area contributed by atoms with Gasteiger partial charge in [-0.1, -0.05) is 30.3 Å². The quantitative estimate of drug-likeness (QED) is 0.752. The number of ether oxygens (including phenoxy) is 1. The van der Waals surface area contributed by atoms with E-state index in [-0.39, 0.29) is 6.54 Å². The predicted octanol–water partition coefficient (Wildman–Crippen LogP) is 2.41. The summed E-state index contributed by atoms with van der Waals surface area (Å²) in [7, 11) is 0. The molecule has 0 bridgehead atoms. The topological polar surface area (TPSA) is 92.7 Å². The Kier molecular flexibility index (Phi) is 6.75. The highest BCUT2D eigenvalue weighted by atomic mass is 16.6. The van der Waals surface area contributed by atoms with Gasteiger partial charge in [-0.3, -0.25) is 9.59 Å². The van der Waals surface area contributed by atoms with Gasteiger partial charge in [-0.05, 0) is 32.8 Å². The van der Waals surface area contributed by atoms with Crippen molar-refractivity contribution in [2.24, 2.45) is 5.92 Å². The largest absolute Gasteiger partial charge is 0.481 e. The van der Waals surface area contributed by atoms with Gasteiger partial charge in [0, 0.05) is 12.5 Å². The summed E-state index contributed by atoms with van der Waals surface area (Å²) in [6.45, 7) is 5.26. The van der Waals surface area contributed by atoms with E-state index < -0.39 is 35.8 Å². The Labute approximate surface area is 135 Å². The van der Waals surface area contributed by atoms with E-state index in [4.69, 9.17) is 9.84 Å². The molecule has 0 aliphatic heterocycles. The van der Waals surface area contributed by atoms with E-state index in [9.17, 15) is 14.4 Å². The van der Waals surface area contributed by atoms with Crippen molar-refractivity contribution in [1.29, 1.82) is 0 Å². The number of ketones is 1. The molecule has 0 saturated carbocycles. The lowest BCUT2D eigenvalue weighted by molar-refractivity contribution is -0.141. The molecule has 0 aliphatic rings. The van der Waals surface area contributed by atoms with Crippen molar-refractivity contribution in [2.75, 3.05) is 6.54 Å². The minimum atomic E-state index is -1.18. The number of carbonyl (C=O) groups excluding carboxylic acids is 2. The molecule has 1 rings (SSSR count). The van der Waals surface area contributed by atoms with Crippen LogP contribution in [-0.2, 0) is 20.7 Å². The van der Waals surface area contributed by atoms with Crippen molar-refractivity contribution in [3.05, 3.63) is 35.9 Å². The number of amides is 1. The zero-order valence-electron chi connectivity index (χ0n) is 13.7. The Balaban J connectivity index is 2.69. The number of aliphatic carboxylic acids is 1. The van der Waals surface area contributed by atoms with E-state index in [2.05, 4.69) is 5.32 Å². The van der Waals surface area contributed by atoms with Crippen LogP contribution in [0, 0.1) is 5.92 Å². The van der Waals surface area contributed by atoms with Gasteiger partial charge in [-0.25, -0.2) is 4.79 Å². The molecule has 23 heavy (non-hydrogen) atoms. The number of benzene rings is 1. The van der Waals surface area contributed by atoms with E-state index in [1.54, 1.807) is 20.8 Å². The molecular formula is C17H23NO5. The van der Waals surface area contributed by atoms with Crippen LogP contribution in [0.15, 0.2) is 30.3 Å². The van der Waals surface area contributed by atoms with Crippen molar-refractivity contribution in [2.45, 2.75) is 39.2 Å². The first kappa shape index (κ1) is 18.7. The molecule has 0 heterocycles. The number of carboxylic acids is 1. The Morgan fingerprint density at radius 1 is 1.17 bits per heavy atom. The summed E-state index contributed by atoms with van der Waals surface area (Å²) in [5, 5.41) is 11.3. The molecule has 6 nitrogen and oxygen atoms in total. The molecule has 0 saturated heterocycles. The first-order chi connectivity index (χ1) is 10.7. The summed E-state index contributed by atoms with van der Waals surface area (Å²) in [6, 6.07) is 9.25. The zero-order valence-corrected chi connectivity index (χ0v) is 13.7. The second-order valence-corrected chi connectivity index (χ2v) is 6.31. The summed E-state index contributed by atoms with van der Waals surface area (Å²) in [5.74, 6) is -2.20. The van der Waals surface area contributed by atoms with Crippen molar-refractivity contribution in [3.63, 3.8) is 0 Å². The summed E-state index contributed by atoms with van der Waals surface area (Å²) in [4.78, 5) is 34.5. The van der Waals surface area contributed by atoms with E-state index in [1.165, 1.54) is 0 Å². The van der Waals surface area contributed by atoms with Crippen molar-refractivity contribution in [3.8, 4) is 0 Å². The smallest absolute Gasteiger partial charge is 0.407 e. The maximum absolute atomic E-state index is 12.1. The minimum Gasteiger partial charge on any atom is -0.481 e. The van der Waals surface area contributed by atoms with Gasteiger partial charge in [0.1, 0.15) is 17.8 Å². The number of nitrogens with one attached hydrogen (secondary N) is 1. The van der Waals surface area contributed by atoms with Crippen LogP contribution in [-0.4, -0.2) is 35.1 Å². The fourth-order valence-corrected chi connectivity index (χ4v) is 2.01. The Morgan fingerprint density at radius 2 is 1.78 bits per heavy atom. The van der Waals surface area contributed by atoms with Crippen LogP contribution >= 0.6 is 0 Å². The van der Waals surface area contributed by atoms with E-state index in [0.29, 0.717) is 6.42 Å². The number of alkyl carbamates (subject to hydrolysis) is 1. The summed E-state index contributed by atoms with van der Waals surface area (Å²) >= 11 is 0. The zero-order chi connectivity index (χ0) is 17.5. The lowest BCUT2D eigenvalue weighted by atomic mass is 9.93. The van der Waals surface area contributed by atoms with Gasteiger partial charge in [-0.15, -0.1) is 0 Å². The van der Waals surface area contributed by atoms with Crippen molar-refractivity contribution in [1.82, 2.24) is 5.32 Å². The van der Waals surface area contributed by atoms with Crippen LogP contribution in [0.2, 0.25) is 0 Å². The molecule has 0 fully saturated rings. The SMILES string of the molecule is CC(C)(C)OC(=O)NCC(Cc1ccccc1)C(=O)CC(=O)O. The van der Waals surface area contributed by atoms with Crippen LogP contribution in [0.5, 0.6) is 0 Å². The van der Waals surface area contributed by atoms with Gasteiger partial charge in [0.2, 0.25) is 0 Å².